The number of aromatic nitrogens is 1. The maximum absolute atomic E-state index is 12.6. The Morgan fingerprint density at radius 3 is 2.33 bits per heavy atom. The van der Waals surface area contributed by atoms with Crippen LogP contribution in [-0.4, -0.2) is 17.1 Å². The highest BCUT2D eigenvalue weighted by molar-refractivity contribution is 5.41. The largest absolute Gasteiger partial charge is 0.416 e. The van der Waals surface area contributed by atoms with Crippen LogP contribution in [0.15, 0.2) is 18.3 Å². The highest BCUT2D eigenvalue weighted by Gasteiger charge is 2.31. The lowest BCUT2D eigenvalue weighted by molar-refractivity contribution is -0.137. The molecule has 1 aromatic rings. The third-order valence-corrected chi connectivity index (χ3v) is 3.22. The van der Waals surface area contributed by atoms with Crippen LogP contribution in [0.2, 0.25) is 0 Å². The van der Waals surface area contributed by atoms with Crippen molar-refractivity contribution in [2.45, 2.75) is 38.4 Å². The summed E-state index contributed by atoms with van der Waals surface area (Å²) in [6.45, 7) is 4.23. The number of nitrogens with two attached hydrogens (primary N) is 1. The van der Waals surface area contributed by atoms with Gasteiger partial charge in [-0.3, -0.25) is 0 Å². The molecule has 0 saturated carbocycles. The first-order chi connectivity index (χ1) is 8.37. The van der Waals surface area contributed by atoms with Gasteiger partial charge in [-0.05, 0) is 25.0 Å². The zero-order chi connectivity index (χ0) is 13.8. The summed E-state index contributed by atoms with van der Waals surface area (Å²) in [6, 6.07) is 1.96. The summed E-state index contributed by atoms with van der Waals surface area (Å²) in [5.41, 5.74) is 4.57. The predicted octanol–water partition coefficient (Wildman–Crippen LogP) is 3.03. The lowest BCUT2D eigenvalue weighted by Gasteiger charge is -2.32. The summed E-state index contributed by atoms with van der Waals surface area (Å²) < 4.78 is 37.7. The molecular formula is C12H18F3N3. The summed E-state index contributed by atoms with van der Waals surface area (Å²) in [7, 11) is 0. The van der Waals surface area contributed by atoms with Gasteiger partial charge in [-0.25, -0.2) is 4.98 Å². The second-order valence-electron chi connectivity index (χ2n) is 4.24. The van der Waals surface area contributed by atoms with Crippen molar-refractivity contribution in [2.24, 2.45) is 5.73 Å². The molecule has 1 rings (SSSR count). The molecule has 0 atom stereocenters. The minimum atomic E-state index is -4.36. The lowest BCUT2D eigenvalue weighted by Crippen LogP contribution is -2.44. The van der Waals surface area contributed by atoms with Gasteiger partial charge in [0.15, 0.2) is 0 Å². The molecule has 0 fully saturated rings. The van der Waals surface area contributed by atoms with Gasteiger partial charge in [0.2, 0.25) is 0 Å². The Labute approximate surface area is 105 Å². The fourth-order valence-electron chi connectivity index (χ4n) is 1.71. The first-order valence-electron chi connectivity index (χ1n) is 5.88. The van der Waals surface area contributed by atoms with Gasteiger partial charge in [0, 0.05) is 12.7 Å². The normalized spacial score (nSPS) is 12.6. The number of nitrogens with zero attached hydrogens (tertiary/aromatic N) is 1. The number of halogens is 3. The van der Waals surface area contributed by atoms with Crippen LogP contribution in [0.3, 0.4) is 0 Å². The van der Waals surface area contributed by atoms with E-state index in [9.17, 15) is 13.2 Å². The van der Waals surface area contributed by atoms with Crippen molar-refractivity contribution in [1.82, 2.24) is 4.98 Å². The van der Waals surface area contributed by atoms with Gasteiger partial charge in [0.25, 0.3) is 0 Å². The van der Waals surface area contributed by atoms with Gasteiger partial charge < -0.3 is 11.1 Å². The van der Waals surface area contributed by atoms with Crippen molar-refractivity contribution in [3.05, 3.63) is 23.9 Å². The molecule has 3 nitrogen and oxygen atoms in total. The van der Waals surface area contributed by atoms with E-state index in [-0.39, 0.29) is 5.82 Å². The number of anilines is 1. The molecule has 0 aliphatic rings. The number of rotatable bonds is 5. The maximum Gasteiger partial charge on any atom is 0.416 e. The monoisotopic (exact) mass is 261 g/mol. The number of pyridine rings is 1. The SMILES string of the molecule is CCC(CC)(CN)Nc1cc(C(F)(F)F)ccn1. The van der Waals surface area contributed by atoms with Gasteiger partial charge in [-0.1, -0.05) is 13.8 Å². The van der Waals surface area contributed by atoms with Crippen LogP contribution in [0.1, 0.15) is 32.3 Å². The number of nitrogens with one attached hydrogen (secondary N) is 1. The molecule has 102 valence electrons. The number of hydrogen-bond donors (Lipinski definition) is 2. The average Bonchev–Trinajstić information content (AvgIpc) is 2.35. The van der Waals surface area contributed by atoms with E-state index in [0.717, 1.165) is 31.2 Å². The highest BCUT2D eigenvalue weighted by Crippen LogP contribution is 2.30. The first kappa shape index (κ1) is 14.8. The summed E-state index contributed by atoms with van der Waals surface area (Å²) in [5, 5.41) is 3.02. The minimum absolute atomic E-state index is 0.207. The smallest absolute Gasteiger partial charge is 0.363 e. The van der Waals surface area contributed by atoms with Crippen molar-refractivity contribution < 1.29 is 13.2 Å². The van der Waals surface area contributed by atoms with Crippen molar-refractivity contribution in [3.8, 4) is 0 Å². The van der Waals surface area contributed by atoms with Crippen molar-refractivity contribution >= 4 is 5.82 Å². The topological polar surface area (TPSA) is 50.9 Å². The molecule has 1 aromatic heterocycles. The summed E-state index contributed by atoms with van der Waals surface area (Å²) >= 11 is 0. The van der Waals surface area contributed by atoms with Crippen molar-refractivity contribution in [3.63, 3.8) is 0 Å². The summed E-state index contributed by atoms with van der Waals surface area (Å²) in [5.74, 6) is 0.207. The van der Waals surface area contributed by atoms with Crippen LogP contribution in [0, 0.1) is 0 Å². The maximum atomic E-state index is 12.6. The molecule has 0 aromatic carbocycles. The van der Waals surface area contributed by atoms with Crippen molar-refractivity contribution in [2.75, 3.05) is 11.9 Å². The van der Waals surface area contributed by atoms with Gasteiger partial charge in [0.1, 0.15) is 5.82 Å². The van der Waals surface area contributed by atoms with E-state index in [4.69, 9.17) is 5.73 Å². The molecule has 6 heteroatoms. The Hall–Kier alpha value is -1.30. The van der Waals surface area contributed by atoms with Gasteiger partial charge in [0.05, 0.1) is 11.1 Å². The van der Waals surface area contributed by atoms with Crippen LogP contribution < -0.4 is 11.1 Å². The summed E-state index contributed by atoms with van der Waals surface area (Å²) in [4.78, 5) is 3.91. The minimum Gasteiger partial charge on any atom is -0.363 e. The molecular weight excluding hydrogens is 243 g/mol. The predicted molar refractivity (Wildman–Crippen MR) is 65.2 cm³/mol. The van der Waals surface area contributed by atoms with E-state index in [0.29, 0.717) is 6.54 Å². The molecule has 0 spiro atoms. The van der Waals surface area contributed by atoms with Gasteiger partial charge in [-0.2, -0.15) is 13.2 Å². The van der Waals surface area contributed by atoms with Crippen LogP contribution in [0.5, 0.6) is 0 Å². The Balaban J connectivity index is 2.98. The molecule has 3 N–H and O–H groups in total. The second kappa shape index (κ2) is 5.56. The van der Waals surface area contributed by atoms with E-state index in [2.05, 4.69) is 10.3 Å². The van der Waals surface area contributed by atoms with Crippen molar-refractivity contribution in [1.29, 1.82) is 0 Å². The van der Waals surface area contributed by atoms with Crippen LogP contribution in [0.4, 0.5) is 19.0 Å². The van der Waals surface area contributed by atoms with Crippen LogP contribution in [-0.2, 0) is 6.18 Å². The van der Waals surface area contributed by atoms with E-state index in [1.165, 1.54) is 0 Å². The third kappa shape index (κ3) is 3.35. The Bertz CT molecular complexity index is 378. The Kier molecular flexibility index (Phi) is 4.56. The van der Waals surface area contributed by atoms with Crippen LogP contribution in [0.25, 0.3) is 0 Å². The highest BCUT2D eigenvalue weighted by atomic mass is 19.4. The molecule has 0 aliphatic carbocycles. The molecule has 0 amide bonds. The van der Waals surface area contributed by atoms with Gasteiger partial charge in [-0.15, -0.1) is 0 Å². The molecule has 0 unspecified atom stereocenters. The Morgan fingerprint density at radius 2 is 1.89 bits per heavy atom. The fraction of sp³-hybridized carbons (Fsp3) is 0.583. The molecule has 0 aliphatic heterocycles. The third-order valence-electron chi connectivity index (χ3n) is 3.22. The average molecular weight is 261 g/mol. The zero-order valence-corrected chi connectivity index (χ0v) is 10.5. The number of hydrogen-bond acceptors (Lipinski definition) is 3. The van der Waals surface area contributed by atoms with E-state index >= 15 is 0 Å². The quantitative estimate of drug-likeness (QED) is 0.856. The molecule has 0 bridgehead atoms. The first-order valence-corrected chi connectivity index (χ1v) is 5.88. The fourth-order valence-corrected chi connectivity index (χ4v) is 1.71. The van der Waals surface area contributed by atoms with E-state index in [1.807, 2.05) is 13.8 Å². The standard InChI is InChI=1S/C12H18F3N3/c1-3-11(4-2,8-16)18-10-7-9(5-6-17-10)12(13,14)15/h5-7H,3-4,8,16H2,1-2H3,(H,17,18). The van der Waals surface area contributed by atoms with E-state index in [1.54, 1.807) is 0 Å². The molecule has 18 heavy (non-hydrogen) atoms. The second-order valence-corrected chi connectivity index (χ2v) is 4.24. The Morgan fingerprint density at radius 1 is 1.28 bits per heavy atom. The lowest BCUT2D eigenvalue weighted by atomic mass is 9.93. The van der Waals surface area contributed by atoms with E-state index < -0.39 is 17.3 Å². The summed E-state index contributed by atoms with van der Waals surface area (Å²) in [6.07, 6.45) is -1.77. The molecule has 0 saturated heterocycles. The zero-order valence-electron chi connectivity index (χ0n) is 10.5. The molecule has 0 radical (unpaired) electrons. The van der Waals surface area contributed by atoms with Crippen LogP contribution >= 0.6 is 0 Å². The number of alkyl halides is 3. The molecule has 1 heterocycles. The van der Waals surface area contributed by atoms with Gasteiger partial charge >= 0.3 is 6.18 Å².